The summed E-state index contributed by atoms with van der Waals surface area (Å²) < 4.78 is 50.0. The molecule has 0 atom stereocenters. The first-order valence-corrected chi connectivity index (χ1v) is 42.8. The Morgan fingerprint density at radius 2 is 0.595 bits per heavy atom. The molecule has 532 valence electrons. The minimum atomic E-state index is -3.30. The third-order valence-electron chi connectivity index (χ3n) is 24.0. The number of anilines is 6. The molecule has 0 unspecified atom stereocenters. The van der Waals surface area contributed by atoms with Crippen LogP contribution in [0.5, 0.6) is 0 Å². The number of furan rings is 2. The van der Waals surface area contributed by atoms with Crippen LogP contribution in [-0.4, -0.2) is 16.1 Å². The Balaban J connectivity index is 0.739. The molecule has 2 aromatic heterocycles. The summed E-state index contributed by atoms with van der Waals surface area (Å²) >= 11 is 0. The number of hydrogen-bond acceptors (Lipinski definition) is 4. The van der Waals surface area contributed by atoms with Crippen molar-refractivity contribution in [2.75, 3.05) is 9.80 Å². The second-order valence-electron chi connectivity index (χ2n) is 30.2. The summed E-state index contributed by atoms with van der Waals surface area (Å²) in [5, 5.41) is 16.1. The van der Waals surface area contributed by atoms with Gasteiger partial charge in [0, 0.05) is 0 Å². The zero-order valence-electron chi connectivity index (χ0n) is 61.2. The van der Waals surface area contributed by atoms with Crippen molar-refractivity contribution in [2.24, 2.45) is 0 Å². The van der Waals surface area contributed by atoms with Crippen molar-refractivity contribution < 1.29 is 17.6 Å². The van der Waals surface area contributed by atoms with E-state index in [0.717, 1.165) is 99.4 Å². The first kappa shape index (κ1) is 66.9. The molecule has 1 aliphatic carbocycles. The van der Waals surface area contributed by atoms with Gasteiger partial charge in [0.1, 0.15) is 0 Å². The predicted molar refractivity (Wildman–Crippen MR) is 466 cm³/mol. The Hall–Kier alpha value is -13.5. The SMILES string of the molecule is CC1(C)c2cc(N(c3cc(-c4ccc([SiH-](c5ccccc5)(c5ccccc5)c5ccccc5)cc4)ccc3F)c3cccc4c3oc3ccccc34)ccc2-c2c1cc(N(c1cc(-c3ccc([SiH-](c4ccccc4)(c4ccccc4)c4ccccc4)cc3)ccc1F)c1cccc3c1oc1ccccc13)c1ccccc21. The average molecular weight is 1470 g/mol. The zero-order valence-corrected chi connectivity index (χ0v) is 63.5. The standard InChI is InChI=1S/C103H74F2N2O2Si2/c1-103(2)89-67-73(106(93-47-27-45-86-83-42-23-25-49-98(83)108-101(86)93)96-65-71(55-63-91(96)104)69-51-58-80(59-52-69)110(74-29-9-3-10-30-74,75-31-11-4-12-32-75)76-33-13-5-14-34-76)57-62-88(89)100-85-44-22-21-41-82(85)95(68-90(100)103)107(94-48-28-46-87-84-43-24-26-50-99(84)109-102(87)94)97-66-72(56-64-92(97)105)70-53-60-81(61-54-70)111(77-35-15-6-16-36-77,78-37-17-7-18-38-78)79-39-19-8-20-40-79/h3-68,110-111H,1-2H3/q-2. The third-order valence-corrected chi connectivity index (χ3v) is 35.1. The van der Waals surface area contributed by atoms with Gasteiger partial charge < -0.3 is 0 Å². The van der Waals surface area contributed by atoms with Crippen LogP contribution in [0, 0.1) is 11.6 Å². The maximum atomic E-state index is 18.2. The number of hydrogen-bond donors (Lipinski definition) is 0. The van der Waals surface area contributed by atoms with Crippen LogP contribution in [0.3, 0.4) is 0 Å². The van der Waals surface area contributed by atoms with Crippen molar-refractivity contribution in [1.29, 1.82) is 0 Å². The van der Waals surface area contributed by atoms with Gasteiger partial charge in [-0.3, -0.25) is 0 Å². The second kappa shape index (κ2) is 27.0. The monoisotopic (exact) mass is 1460 g/mol. The van der Waals surface area contributed by atoms with E-state index in [1.54, 1.807) is 12.1 Å². The van der Waals surface area contributed by atoms with Gasteiger partial charge in [0.05, 0.1) is 0 Å². The number of rotatable bonds is 16. The molecule has 0 N–H and O–H groups in total. The number of nitrogens with zero attached hydrogens (tertiary/aromatic N) is 2. The summed E-state index contributed by atoms with van der Waals surface area (Å²) in [6.45, 7) is 4.56. The van der Waals surface area contributed by atoms with Gasteiger partial charge in [0.15, 0.2) is 0 Å². The minimum absolute atomic E-state index is 0.367. The molecular formula is C103H74F2N2O2Si2-2. The van der Waals surface area contributed by atoms with Crippen LogP contribution in [-0.2, 0) is 5.41 Å². The van der Waals surface area contributed by atoms with Crippen molar-refractivity contribution in [3.63, 3.8) is 0 Å². The number of benzene rings is 17. The van der Waals surface area contributed by atoms with Gasteiger partial charge in [-0.2, -0.15) is 0 Å². The Morgan fingerprint density at radius 1 is 0.252 bits per heavy atom. The summed E-state index contributed by atoms with van der Waals surface area (Å²) in [7, 11) is -6.59. The van der Waals surface area contributed by atoms with Crippen molar-refractivity contribution in [1.82, 2.24) is 0 Å². The summed E-state index contributed by atoms with van der Waals surface area (Å²) in [4.78, 5) is 4.14. The van der Waals surface area contributed by atoms with E-state index in [1.807, 2.05) is 77.7 Å². The molecular weight excluding hydrogens is 1390 g/mol. The number of fused-ring (bicyclic) bond motifs is 11. The molecule has 17 aromatic carbocycles. The van der Waals surface area contributed by atoms with Crippen molar-refractivity contribution in [3.05, 3.63) is 423 Å². The molecule has 0 saturated heterocycles. The van der Waals surface area contributed by atoms with Crippen LogP contribution in [0.25, 0.3) is 88.0 Å². The average Bonchev–Trinajstić information content (AvgIpc) is 1.60. The van der Waals surface area contributed by atoms with Crippen LogP contribution in [0.4, 0.5) is 42.9 Å². The maximum absolute atomic E-state index is 18.2. The Kier molecular flexibility index (Phi) is 16.3. The number of para-hydroxylation sites is 4. The molecule has 0 saturated carbocycles. The molecule has 0 bridgehead atoms. The van der Waals surface area contributed by atoms with Gasteiger partial charge in [-0.1, -0.05) is 56.3 Å². The van der Waals surface area contributed by atoms with Gasteiger partial charge >= 0.3 is 581 Å². The van der Waals surface area contributed by atoms with E-state index in [0.29, 0.717) is 33.9 Å². The van der Waals surface area contributed by atoms with Gasteiger partial charge in [-0.25, -0.2) is 0 Å². The molecule has 0 amide bonds. The molecule has 0 fully saturated rings. The molecule has 2 heterocycles. The van der Waals surface area contributed by atoms with E-state index in [9.17, 15) is 0 Å². The summed E-state index contributed by atoms with van der Waals surface area (Å²) in [6, 6.07) is 141. The molecule has 0 radical (unpaired) electrons. The zero-order chi connectivity index (χ0) is 74.4. The van der Waals surface area contributed by atoms with E-state index in [2.05, 4.69) is 334 Å². The van der Waals surface area contributed by atoms with Crippen LogP contribution < -0.4 is 51.3 Å². The van der Waals surface area contributed by atoms with E-state index in [4.69, 9.17) is 8.83 Å². The van der Waals surface area contributed by atoms with Crippen LogP contribution in [0.1, 0.15) is 25.0 Å². The second-order valence-corrected chi connectivity index (χ2v) is 39.0. The fourth-order valence-corrected chi connectivity index (χ4v) is 29.9. The molecule has 20 rings (SSSR count). The Labute approximate surface area is 645 Å². The van der Waals surface area contributed by atoms with Crippen molar-refractivity contribution in [3.8, 4) is 33.4 Å². The van der Waals surface area contributed by atoms with Crippen LogP contribution >= 0.6 is 0 Å². The fraction of sp³-hybridized carbons (Fsp3) is 0.0291. The predicted octanol–water partition coefficient (Wildman–Crippen LogP) is 21.7. The van der Waals surface area contributed by atoms with E-state index in [-0.39, 0.29) is 0 Å². The fourth-order valence-electron chi connectivity index (χ4n) is 18.9. The van der Waals surface area contributed by atoms with Gasteiger partial charge in [0.25, 0.3) is 0 Å². The van der Waals surface area contributed by atoms with Crippen molar-refractivity contribution in [2.45, 2.75) is 19.3 Å². The first-order chi connectivity index (χ1) is 54.6. The van der Waals surface area contributed by atoms with Crippen molar-refractivity contribution >= 4 is 146 Å². The molecule has 8 heteroatoms. The van der Waals surface area contributed by atoms with E-state index < -0.39 is 33.2 Å². The van der Waals surface area contributed by atoms with Gasteiger partial charge in [-0.15, -0.1) is 0 Å². The molecule has 4 nitrogen and oxygen atoms in total. The third kappa shape index (κ3) is 10.8. The van der Waals surface area contributed by atoms with Crippen LogP contribution in [0.2, 0.25) is 0 Å². The quantitative estimate of drug-likeness (QED) is 0.0713. The van der Waals surface area contributed by atoms with E-state index in [1.165, 1.54) is 41.5 Å². The summed E-state index contributed by atoms with van der Waals surface area (Å²) in [5.74, 6) is -0.783. The molecule has 1 aliphatic rings. The molecule has 0 aliphatic heterocycles. The Bertz CT molecular complexity index is 6560. The molecule has 111 heavy (non-hydrogen) atoms. The molecule has 19 aromatic rings. The Morgan fingerprint density at radius 3 is 1.02 bits per heavy atom. The summed E-state index contributed by atoms with van der Waals surface area (Å²) in [6.07, 6.45) is 0. The summed E-state index contributed by atoms with van der Waals surface area (Å²) in [5.41, 5.74) is 13.6. The molecule has 0 spiro atoms. The van der Waals surface area contributed by atoms with Crippen LogP contribution in [0.15, 0.2) is 409 Å². The van der Waals surface area contributed by atoms with Gasteiger partial charge in [-0.05, 0) is 12.1 Å². The topological polar surface area (TPSA) is 32.8 Å². The first-order valence-electron chi connectivity index (χ1n) is 38.2. The number of halogens is 2. The van der Waals surface area contributed by atoms with E-state index >= 15 is 8.78 Å². The normalized spacial score (nSPS) is 12.9. The van der Waals surface area contributed by atoms with Gasteiger partial charge in [0.2, 0.25) is 0 Å².